The Hall–Kier alpha value is -5.10. The standard InChI is InChI=1S/C22H17N7O2.2C2H4O2.Zn/c30-29(31)20-13-11-19(12-14-20)21-25-27-22(26-23-15-17-7-3-1-4-8-17)28(21)24-16-18-9-5-2-6-10-18;2*1-2(3)4;/h1-16H,(H,26,27);2*1H3,(H,3,4);/q;;;+2/p-2/b23-15-,24-16-;;;. The topological polar surface area (TPSA) is 191 Å². The number of carbonyl (C=O) groups is 2. The average Bonchev–Trinajstić information content (AvgIpc) is 3.30. The molecule has 0 saturated heterocycles. The maximum Gasteiger partial charge on any atom is 2.00 e. The van der Waals surface area contributed by atoms with Crippen molar-refractivity contribution < 1.29 is 44.2 Å². The van der Waals surface area contributed by atoms with Gasteiger partial charge in [-0.1, -0.05) is 60.7 Å². The van der Waals surface area contributed by atoms with Crippen LogP contribution < -0.4 is 15.6 Å². The second-order valence-corrected chi connectivity index (χ2v) is 7.38. The monoisotopic (exact) mass is 593 g/mol. The SMILES string of the molecule is CC(=O)[O-].CC(=O)[O-].O=[N+]([O-])c1ccc(-c2nnc(N/N=C\c3ccccc3)n2/N=C\c2ccccc2)cc1.[Zn+2]. The Bertz CT molecular complexity index is 1410. The van der Waals surface area contributed by atoms with Gasteiger partial charge in [-0.05, 0) is 37.1 Å². The van der Waals surface area contributed by atoms with E-state index in [-0.39, 0.29) is 25.2 Å². The van der Waals surface area contributed by atoms with Crippen molar-refractivity contribution in [1.29, 1.82) is 0 Å². The van der Waals surface area contributed by atoms with Crippen LogP contribution in [0.5, 0.6) is 0 Å². The molecule has 0 saturated carbocycles. The third-order valence-electron chi connectivity index (χ3n) is 4.28. The molecule has 1 N–H and O–H groups in total. The van der Waals surface area contributed by atoms with Crippen LogP contribution in [-0.2, 0) is 29.1 Å². The molecule has 14 heteroatoms. The number of carbonyl (C=O) groups excluding carboxylic acids is 2. The molecule has 4 rings (SSSR count). The molecule has 0 aliphatic carbocycles. The zero-order valence-corrected chi connectivity index (χ0v) is 24.5. The van der Waals surface area contributed by atoms with Gasteiger partial charge in [0.2, 0.25) is 0 Å². The van der Waals surface area contributed by atoms with E-state index in [4.69, 9.17) is 19.8 Å². The summed E-state index contributed by atoms with van der Waals surface area (Å²) in [5.41, 5.74) is 5.29. The van der Waals surface area contributed by atoms with E-state index >= 15 is 0 Å². The molecule has 3 aromatic carbocycles. The van der Waals surface area contributed by atoms with Gasteiger partial charge in [0.1, 0.15) is 0 Å². The van der Waals surface area contributed by atoms with Gasteiger partial charge in [-0.3, -0.25) is 10.1 Å². The normalized spacial score (nSPS) is 9.95. The zero-order valence-electron chi connectivity index (χ0n) is 21.6. The predicted molar refractivity (Wildman–Crippen MR) is 141 cm³/mol. The average molecular weight is 595 g/mol. The molecule has 1 aromatic heterocycles. The zero-order chi connectivity index (χ0) is 28.6. The first-order valence-electron chi connectivity index (χ1n) is 11.2. The second kappa shape index (κ2) is 17.4. The molecule has 0 aliphatic rings. The summed E-state index contributed by atoms with van der Waals surface area (Å²) in [6.07, 6.45) is 3.33. The fourth-order valence-corrected chi connectivity index (χ4v) is 2.74. The number of nitrogens with zero attached hydrogens (tertiary/aromatic N) is 6. The van der Waals surface area contributed by atoms with Crippen molar-refractivity contribution in [2.24, 2.45) is 10.2 Å². The number of hydrogen-bond acceptors (Lipinski definition) is 11. The van der Waals surface area contributed by atoms with Crippen LogP contribution in [0.4, 0.5) is 11.6 Å². The molecule has 4 aromatic rings. The summed E-state index contributed by atoms with van der Waals surface area (Å²) in [6.45, 7) is 1.94. The maximum atomic E-state index is 10.9. The van der Waals surface area contributed by atoms with Crippen molar-refractivity contribution in [2.75, 3.05) is 5.43 Å². The Morgan fingerprint density at radius 2 is 1.30 bits per heavy atom. The van der Waals surface area contributed by atoms with Gasteiger partial charge in [0.15, 0.2) is 5.82 Å². The number of carboxylic acids is 2. The summed E-state index contributed by atoms with van der Waals surface area (Å²) in [7, 11) is 0. The molecule has 0 unspecified atom stereocenters. The smallest absolute Gasteiger partial charge is 0.550 e. The molecular weight excluding hydrogens is 572 g/mol. The summed E-state index contributed by atoms with van der Waals surface area (Å²) in [6, 6.07) is 25.2. The summed E-state index contributed by atoms with van der Waals surface area (Å²) in [5, 5.41) is 45.7. The van der Waals surface area contributed by atoms with Crippen LogP contribution in [0.3, 0.4) is 0 Å². The van der Waals surface area contributed by atoms with Gasteiger partial charge in [0.05, 0.1) is 17.4 Å². The summed E-state index contributed by atoms with van der Waals surface area (Å²) in [4.78, 5) is 28.3. The first kappa shape index (κ1) is 32.9. The second-order valence-electron chi connectivity index (χ2n) is 7.38. The number of hydrazone groups is 1. The van der Waals surface area contributed by atoms with Crippen LogP contribution in [-0.4, -0.2) is 44.2 Å². The van der Waals surface area contributed by atoms with Crippen molar-refractivity contribution in [1.82, 2.24) is 14.9 Å². The van der Waals surface area contributed by atoms with E-state index in [2.05, 4.69) is 25.8 Å². The first-order valence-corrected chi connectivity index (χ1v) is 11.2. The molecule has 0 fully saturated rings. The number of hydrogen-bond donors (Lipinski definition) is 1. The van der Waals surface area contributed by atoms with Crippen LogP contribution >= 0.6 is 0 Å². The number of aromatic nitrogens is 3. The molecule has 0 aliphatic heterocycles. The van der Waals surface area contributed by atoms with Crippen molar-refractivity contribution in [3.8, 4) is 11.4 Å². The van der Waals surface area contributed by atoms with Gasteiger partial charge < -0.3 is 19.8 Å². The van der Waals surface area contributed by atoms with Gasteiger partial charge in [-0.15, -0.1) is 10.2 Å². The Labute approximate surface area is 241 Å². The number of nitrogens with one attached hydrogen (secondary N) is 1. The fraction of sp³-hybridized carbons (Fsp3) is 0.0769. The Kier molecular flexibility index (Phi) is 14.3. The molecule has 0 amide bonds. The van der Waals surface area contributed by atoms with Gasteiger partial charge >= 0.3 is 19.5 Å². The van der Waals surface area contributed by atoms with Crippen molar-refractivity contribution in [3.63, 3.8) is 0 Å². The number of nitro benzene ring substituents is 1. The van der Waals surface area contributed by atoms with Crippen LogP contribution in [0.1, 0.15) is 25.0 Å². The summed E-state index contributed by atoms with van der Waals surface area (Å²) in [5.74, 6) is -1.45. The van der Waals surface area contributed by atoms with Gasteiger partial charge in [0.25, 0.3) is 11.6 Å². The number of nitro groups is 1. The van der Waals surface area contributed by atoms with Crippen LogP contribution in [0, 0.1) is 10.1 Å². The largest absolute Gasteiger partial charge is 2.00 e. The van der Waals surface area contributed by atoms with Crippen molar-refractivity contribution in [3.05, 3.63) is 106 Å². The molecule has 13 nitrogen and oxygen atoms in total. The van der Waals surface area contributed by atoms with Crippen LogP contribution in [0.2, 0.25) is 0 Å². The van der Waals surface area contributed by atoms with E-state index in [1.54, 1.807) is 24.6 Å². The van der Waals surface area contributed by atoms with Crippen molar-refractivity contribution in [2.45, 2.75) is 13.8 Å². The minimum Gasteiger partial charge on any atom is -0.550 e. The first-order chi connectivity index (χ1) is 18.7. The summed E-state index contributed by atoms with van der Waals surface area (Å²) < 4.78 is 1.50. The molecule has 1 heterocycles. The van der Waals surface area contributed by atoms with E-state index in [1.807, 2.05) is 60.7 Å². The number of rotatable bonds is 7. The molecule has 0 spiro atoms. The predicted octanol–water partition coefficient (Wildman–Crippen LogP) is 1.69. The van der Waals surface area contributed by atoms with Crippen LogP contribution in [0.25, 0.3) is 11.4 Å². The van der Waals surface area contributed by atoms with E-state index in [0.717, 1.165) is 25.0 Å². The number of non-ortho nitro benzene ring substituents is 1. The van der Waals surface area contributed by atoms with Crippen molar-refractivity contribution >= 4 is 36.0 Å². The molecule has 0 atom stereocenters. The van der Waals surface area contributed by atoms with E-state index in [1.165, 1.54) is 16.8 Å². The van der Waals surface area contributed by atoms with Crippen LogP contribution in [0.15, 0.2) is 95.1 Å². The number of benzene rings is 3. The Morgan fingerprint density at radius 3 is 1.77 bits per heavy atom. The minimum atomic E-state index is -1.08. The Balaban J connectivity index is 0.000000789. The fourth-order valence-electron chi connectivity index (χ4n) is 2.74. The van der Waals surface area contributed by atoms with E-state index in [0.29, 0.717) is 17.3 Å². The third-order valence-corrected chi connectivity index (χ3v) is 4.28. The molecule has 0 radical (unpaired) electrons. The summed E-state index contributed by atoms with van der Waals surface area (Å²) >= 11 is 0. The molecule has 0 bridgehead atoms. The number of carboxylic acid groups (broad SMARTS) is 2. The molecule has 200 valence electrons. The number of aliphatic carboxylic acids is 2. The minimum absolute atomic E-state index is 0. The maximum absolute atomic E-state index is 10.9. The molecule has 40 heavy (non-hydrogen) atoms. The quantitative estimate of drug-likeness (QED) is 0.143. The third kappa shape index (κ3) is 12.0. The van der Waals surface area contributed by atoms with Gasteiger partial charge in [-0.2, -0.15) is 14.9 Å². The van der Waals surface area contributed by atoms with Gasteiger partial charge in [-0.25, -0.2) is 5.43 Å². The Morgan fingerprint density at radius 1 is 0.825 bits per heavy atom. The van der Waals surface area contributed by atoms with Gasteiger partial charge in [0, 0.05) is 29.6 Å². The molecular formula is C26H23N7O6Zn. The van der Waals surface area contributed by atoms with E-state index < -0.39 is 16.9 Å². The van der Waals surface area contributed by atoms with E-state index in [9.17, 15) is 10.1 Å². The number of anilines is 1.